The minimum Gasteiger partial charge on any atom is -0.379 e. The predicted octanol–water partition coefficient (Wildman–Crippen LogP) is 2.17. The van der Waals surface area contributed by atoms with Crippen LogP contribution in [0.1, 0.15) is 38.5 Å². The van der Waals surface area contributed by atoms with Crippen LogP contribution in [0.3, 0.4) is 0 Å². The van der Waals surface area contributed by atoms with Crippen LogP contribution in [0.2, 0.25) is 0 Å². The highest BCUT2D eigenvalue weighted by Crippen LogP contribution is 2.23. The number of nitrogens with zero attached hydrogens (tertiary/aromatic N) is 2. The molecule has 2 rings (SSSR count). The summed E-state index contributed by atoms with van der Waals surface area (Å²) in [4.78, 5) is 49.4. The van der Waals surface area contributed by atoms with E-state index in [1.165, 1.54) is 6.07 Å². The van der Waals surface area contributed by atoms with Gasteiger partial charge in [0.05, 0.1) is 4.92 Å². The second-order valence-corrected chi connectivity index (χ2v) is 5.56. The molecule has 1 aliphatic heterocycles. The Hall–Kier alpha value is -2.97. The summed E-state index contributed by atoms with van der Waals surface area (Å²) in [6.07, 6.45) is 2.19. The lowest BCUT2D eigenvalue weighted by atomic mass is 10.2. The third-order valence-electron chi connectivity index (χ3n) is 3.67. The highest BCUT2D eigenvalue weighted by Gasteiger charge is 2.32. The van der Waals surface area contributed by atoms with Gasteiger partial charge in [-0.25, -0.2) is 4.79 Å². The molecule has 25 heavy (non-hydrogen) atoms. The van der Waals surface area contributed by atoms with Gasteiger partial charge in [-0.3, -0.25) is 19.7 Å². The van der Waals surface area contributed by atoms with Gasteiger partial charge in [0.15, 0.2) is 0 Å². The van der Waals surface area contributed by atoms with Crippen LogP contribution in [0.15, 0.2) is 24.3 Å². The normalized spacial score (nSPS) is 13.8. The van der Waals surface area contributed by atoms with Gasteiger partial charge in [-0.2, -0.15) is 0 Å². The van der Waals surface area contributed by atoms with E-state index in [1.54, 1.807) is 18.2 Å². The van der Waals surface area contributed by atoms with Crippen molar-refractivity contribution in [2.24, 2.45) is 0 Å². The minimum absolute atomic E-state index is 0.0195. The van der Waals surface area contributed by atoms with Crippen molar-refractivity contribution in [1.82, 2.24) is 5.06 Å². The number of para-hydroxylation sites is 2. The summed E-state index contributed by atoms with van der Waals surface area (Å²) in [5, 5.41) is 14.4. The molecule has 0 bridgehead atoms. The number of nitro benzene ring substituents is 1. The third kappa shape index (κ3) is 5.27. The largest absolute Gasteiger partial charge is 0.379 e. The highest BCUT2D eigenvalue weighted by molar-refractivity contribution is 6.01. The lowest BCUT2D eigenvalue weighted by molar-refractivity contribution is -0.384. The average Bonchev–Trinajstić information content (AvgIpc) is 2.90. The second-order valence-electron chi connectivity index (χ2n) is 5.56. The number of anilines is 1. The van der Waals surface area contributed by atoms with E-state index in [4.69, 9.17) is 4.84 Å². The minimum atomic E-state index is -0.616. The summed E-state index contributed by atoms with van der Waals surface area (Å²) >= 11 is 0. The molecule has 1 aromatic rings. The second kappa shape index (κ2) is 8.76. The number of carbonyl (C=O) groups is 3. The molecule has 134 valence electrons. The number of nitrogens with one attached hydrogen (secondary N) is 1. The van der Waals surface area contributed by atoms with Gasteiger partial charge in [0.2, 0.25) is 0 Å². The monoisotopic (exact) mass is 349 g/mol. The SMILES string of the molecule is O=C(CCCCCNc1ccccc1[N+](=O)[O-])ON1C(=O)CCC1=O. The van der Waals surface area contributed by atoms with Crippen LogP contribution in [0.4, 0.5) is 11.4 Å². The van der Waals surface area contributed by atoms with Crippen LogP contribution in [0, 0.1) is 10.1 Å². The van der Waals surface area contributed by atoms with E-state index in [-0.39, 0.29) is 24.9 Å². The third-order valence-corrected chi connectivity index (χ3v) is 3.67. The van der Waals surface area contributed by atoms with E-state index in [1.807, 2.05) is 0 Å². The quantitative estimate of drug-likeness (QED) is 0.314. The van der Waals surface area contributed by atoms with Gasteiger partial charge in [-0.15, -0.1) is 5.06 Å². The molecule has 9 nitrogen and oxygen atoms in total. The summed E-state index contributed by atoms with van der Waals surface area (Å²) in [5.74, 6) is -1.60. The molecule has 0 radical (unpaired) electrons. The molecule has 1 aliphatic rings. The number of hydrogen-bond acceptors (Lipinski definition) is 7. The van der Waals surface area contributed by atoms with Gasteiger partial charge in [-0.1, -0.05) is 18.6 Å². The van der Waals surface area contributed by atoms with Crippen molar-refractivity contribution in [2.45, 2.75) is 38.5 Å². The topological polar surface area (TPSA) is 119 Å². The first-order chi connectivity index (χ1) is 12.0. The van der Waals surface area contributed by atoms with Crippen molar-refractivity contribution in [3.63, 3.8) is 0 Å². The van der Waals surface area contributed by atoms with E-state index >= 15 is 0 Å². The van der Waals surface area contributed by atoms with Crippen LogP contribution in [-0.4, -0.2) is 34.3 Å². The van der Waals surface area contributed by atoms with E-state index in [0.29, 0.717) is 36.6 Å². The van der Waals surface area contributed by atoms with E-state index in [0.717, 1.165) is 0 Å². The number of nitro groups is 1. The van der Waals surface area contributed by atoms with Crippen molar-refractivity contribution in [2.75, 3.05) is 11.9 Å². The van der Waals surface area contributed by atoms with E-state index in [2.05, 4.69) is 5.32 Å². The zero-order valence-corrected chi connectivity index (χ0v) is 13.6. The number of imide groups is 1. The maximum atomic E-state index is 11.6. The molecule has 0 saturated carbocycles. The Kier molecular flexibility index (Phi) is 6.44. The fourth-order valence-corrected chi connectivity index (χ4v) is 2.38. The molecule has 1 saturated heterocycles. The van der Waals surface area contributed by atoms with Gasteiger partial charge in [0.1, 0.15) is 5.69 Å². The Morgan fingerprint density at radius 3 is 2.52 bits per heavy atom. The molecular weight excluding hydrogens is 330 g/mol. The summed E-state index contributed by atoms with van der Waals surface area (Å²) < 4.78 is 0. The molecule has 2 amide bonds. The lowest BCUT2D eigenvalue weighted by Gasteiger charge is -2.12. The van der Waals surface area contributed by atoms with E-state index < -0.39 is 22.7 Å². The number of hydrogen-bond donors (Lipinski definition) is 1. The maximum Gasteiger partial charge on any atom is 0.333 e. The zero-order chi connectivity index (χ0) is 18.2. The number of unbranched alkanes of at least 4 members (excludes halogenated alkanes) is 2. The van der Waals surface area contributed by atoms with Gasteiger partial charge < -0.3 is 10.2 Å². The van der Waals surface area contributed by atoms with E-state index in [9.17, 15) is 24.5 Å². The lowest BCUT2D eigenvalue weighted by Crippen LogP contribution is -2.31. The molecule has 0 unspecified atom stereocenters. The smallest absolute Gasteiger partial charge is 0.333 e. The molecule has 1 aromatic carbocycles. The number of benzene rings is 1. The van der Waals surface area contributed by atoms with Crippen LogP contribution >= 0.6 is 0 Å². The molecule has 0 spiro atoms. The fourth-order valence-electron chi connectivity index (χ4n) is 2.38. The molecular formula is C16H19N3O6. The van der Waals surface area contributed by atoms with Crippen LogP contribution in [0.25, 0.3) is 0 Å². The first kappa shape index (κ1) is 18.4. The van der Waals surface area contributed by atoms with Crippen molar-refractivity contribution in [3.05, 3.63) is 34.4 Å². The first-order valence-corrected chi connectivity index (χ1v) is 8.03. The number of rotatable bonds is 9. The zero-order valence-electron chi connectivity index (χ0n) is 13.6. The van der Waals surface area contributed by atoms with Gasteiger partial charge in [-0.05, 0) is 18.9 Å². The van der Waals surface area contributed by atoms with Crippen molar-refractivity contribution >= 4 is 29.2 Å². The number of amides is 2. The Bertz CT molecular complexity index is 660. The maximum absolute atomic E-state index is 11.6. The van der Waals surface area contributed by atoms with Crippen LogP contribution in [-0.2, 0) is 19.2 Å². The first-order valence-electron chi connectivity index (χ1n) is 8.03. The van der Waals surface area contributed by atoms with Crippen molar-refractivity contribution < 1.29 is 24.1 Å². The predicted molar refractivity (Wildman–Crippen MR) is 87.2 cm³/mol. The number of hydroxylamine groups is 2. The average molecular weight is 349 g/mol. The molecule has 0 aliphatic carbocycles. The molecule has 1 heterocycles. The molecule has 9 heteroatoms. The Balaban J connectivity index is 1.62. The Morgan fingerprint density at radius 2 is 1.84 bits per heavy atom. The molecule has 1 N–H and O–H groups in total. The summed E-state index contributed by atoms with van der Waals surface area (Å²) in [5.41, 5.74) is 0.476. The Labute approximate surface area is 144 Å². The van der Waals surface area contributed by atoms with Crippen LogP contribution < -0.4 is 5.32 Å². The van der Waals surface area contributed by atoms with Crippen molar-refractivity contribution in [1.29, 1.82) is 0 Å². The van der Waals surface area contributed by atoms with Crippen molar-refractivity contribution in [3.8, 4) is 0 Å². The summed E-state index contributed by atoms with van der Waals surface area (Å²) in [6, 6.07) is 6.38. The Morgan fingerprint density at radius 1 is 1.16 bits per heavy atom. The standard InChI is InChI=1S/C16H19N3O6/c20-14-9-10-15(21)18(14)25-16(22)8-2-1-5-11-17-12-6-3-4-7-13(12)19(23)24/h3-4,6-7,17H,1-2,5,8-11H2. The van der Waals surface area contributed by atoms with Crippen LogP contribution in [0.5, 0.6) is 0 Å². The van der Waals surface area contributed by atoms with Gasteiger partial charge in [0.25, 0.3) is 17.5 Å². The molecule has 1 fully saturated rings. The van der Waals surface area contributed by atoms with Gasteiger partial charge >= 0.3 is 5.97 Å². The fraction of sp³-hybridized carbons (Fsp3) is 0.438. The number of carbonyl (C=O) groups excluding carboxylic acids is 3. The molecule has 0 atom stereocenters. The highest BCUT2D eigenvalue weighted by atomic mass is 16.7. The van der Waals surface area contributed by atoms with Gasteiger partial charge in [0, 0.05) is 31.9 Å². The summed E-state index contributed by atoms with van der Waals surface area (Å²) in [6.45, 7) is 0.531. The molecule has 0 aromatic heterocycles. The summed E-state index contributed by atoms with van der Waals surface area (Å²) in [7, 11) is 0.